The summed E-state index contributed by atoms with van der Waals surface area (Å²) in [6.07, 6.45) is 0. The molecule has 3 rings (SSSR count). The van der Waals surface area contributed by atoms with Crippen LogP contribution in [0.25, 0.3) is 0 Å². The van der Waals surface area contributed by atoms with E-state index in [-0.39, 0.29) is 38.5 Å². The topological polar surface area (TPSA) is 98.7 Å². The number of halogens is 1. The van der Waals surface area contributed by atoms with E-state index >= 15 is 0 Å². The predicted molar refractivity (Wildman–Crippen MR) is 81.5 cm³/mol. The molecule has 1 aromatic heterocycles. The maximum Gasteiger partial charge on any atom is 0.269 e. The molecule has 0 saturated heterocycles. The fourth-order valence-electron chi connectivity index (χ4n) is 2.19. The van der Waals surface area contributed by atoms with E-state index in [9.17, 15) is 13.2 Å². The number of rotatable bonds is 4. The molecule has 0 aliphatic carbocycles. The van der Waals surface area contributed by atoms with Crippen molar-refractivity contribution in [1.29, 1.82) is 0 Å². The summed E-state index contributed by atoms with van der Waals surface area (Å²) in [5, 5.41) is 3.74. The van der Waals surface area contributed by atoms with Crippen molar-refractivity contribution in [3.8, 4) is 11.5 Å². The van der Waals surface area contributed by atoms with Crippen molar-refractivity contribution < 1.29 is 22.7 Å². The number of hydrogen-bond acceptors (Lipinski definition) is 8. The van der Waals surface area contributed by atoms with Crippen LogP contribution in [0.3, 0.4) is 0 Å². The minimum atomic E-state index is -4.02. The van der Waals surface area contributed by atoms with Gasteiger partial charge in [-0.1, -0.05) is 16.1 Å². The van der Waals surface area contributed by atoms with Crippen LogP contribution in [-0.4, -0.2) is 42.4 Å². The number of ether oxygens (including phenoxy) is 2. The van der Waals surface area contributed by atoms with Crippen molar-refractivity contribution in [3.63, 3.8) is 0 Å². The number of amides is 1. The molecule has 0 atom stereocenters. The van der Waals surface area contributed by atoms with Crippen LogP contribution in [0.15, 0.2) is 17.0 Å². The van der Waals surface area contributed by atoms with Crippen molar-refractivity contribution in [2.45, 2.75) is 11.4 Å². The zero-order valence-electron chi connectivity index (χ0n) is 11.9. The van der Waals surface area contributed by atoms with E-state index in [0.717, 1.165) is 11.5 Å². The van der Waals surface area contributed by atoms with Gasteiger partial charge in [0.05, 0.1) is 26.3 Å². The fraction of sp³-hybridized carbons (Fsp3) is 0.250. The third-order valence-electron chi connectivity index (χ3n) is 3.31. The monoisotopic (exact) mass is 375 g/mol. The Morgan fingerprint density at radius 1 is 1.26 bits per heavy atom. The number of carbonyl (C=O) groups is 1. The Balaban J connectivity index is 2.10. The third kappa shape index (κ3) is 2.42. The van der Waals surface area contributed by atoms with Gasteiger partial charge in [0.2, 0.25) is 0 Å². The van der Waals surface area contributed by atoms with Crippen molar-refractivity contribution >= 4 is 39.1 Å². The predicted octanol–water partition coefficient (Wildman–Crippen LogP) is 1.55. The molecule has 23 heavy (non-hydrogen) atoms. The van der Waals surface area contributed by atoms with E-state index in [0.29, 0.717) is 4.31 Å². The highest BCUT2D eigenvalue weighted by molar-refractivity contribution is 7.90. The van der Waals surface area contributed by atoms with Crippen LogP contribution < -0.4 is 9.47 Å². The lowest BCUT2D eigenvalue weighted by Crippen LogP contribution is -2.29. The zero-order valence-corrected chi connectivity index (χ0v) is 14.3. The van der Waals surface area contributed by atoms with Crippen molar-refractivity contribution in [2.24, 2.45) is 0 Å². The van der Waals surface area contributed by atoms with E-state index in [4.69, 9.17) is 21.1 Å². The first-order chi connectivity index (χ1) is 10.9. The molecule has 1 aliphatic heterocycles. The number of nitrogens with zero attached hydrogens (tertiary/aromatic N) is 3. The van der Waals surface area contributed by atoms with Crippen molar-refractivity contribution in [3.05, 3.63) is 27.7 Å². The first-order valence-electron chi connectivity index (χ1n) is 6.20. The number of fused-ring (bicyclic) bond motifs is 1. The number of methoxy groups -OCH3 is 2. The first-order valence-corrected chi connectivity index (χ1v) is 8.79. The van der Waals surface area contributed by atoms with Crippen LogP contribution in [0.2, 0.25) is 4.34 Å². The maximum absolute atomic E-state index is 12.6. The maximum atomic E-state index is 12.6. The molecule has 2 aromatic rings. The van der Waals surface area contributed by atoms with Gasteiger partial charge < -0.3 is 9.47 Å². The summed E-state index contributed by atoms with van der Waals surface area (Å²) in [5.74, 6) is -0.187. The second-order valence-electron chi connectivity index (χ2n) is 4.51. The van der Waals surface area contributed by atoms with E-state index in [2.05, 4.69) is 9.59 Å². The number of aromatic nitrogens is 2. The smallest absolute Gasteiger partial charge is 0.269 e. The van der Waals surface area contributed by atoms with Gasteiger partial charge in [0.1, 0.15) is 14.9 Å². The molecule has 0 fully saturated rings. The van der Waals surface area contributed by atoms with Gasteiger partial charge in [-0.15, -0.1) is 5.10 Å². The van der Waals surface area contributed by atoms with Crippen molar-refractivity contribution in [1.82, 2.24) is 13.9 Å². The fourth-order valence-corrected chi connectivity index (χ4v) is 4.33. The molecule has 1 amide bonds. The summed E-state index contributed by atoms with van der Waals surface area (Å²) in [6, 6.07) is 2.61. The number of carbonyl (C=O) groups excluding carboxylic acids is 1. The molecule has 0 saturated carbocycles. The summed E-state index contributed by atoms with van der Waals surface area (Å²) in [7, 11) is -1.24. The Labute approximate surface area is 140 Å². The van der Waals surface area contributed by atoms with Crippen LogP contribution in [-0.2, 0) is 16.6 Å². The van der Waals surface area contributed by atoms with E-state index in [1.165, 1.54) is 26.4 Å². The van der Waals surface area contributed by atoms with E-state index < -0.39 is 15.9 Å². The third-order valence-corrected chi connectivity index (χ3v) is 6.07. The standard InChI is InChI=1S/C12H10ClN3O5S2/c1-20-8-3-6-10(4-9(8)21-2)23(18,19)16(12(6)17)5-7-11(13)22-15-14-7/h3-4H,5H2,1-2H3. The Kier molecular flexibility index (Phi) is 3.90. The first kappa shape index (κ1) is 16.0. The van der Waals surface area contributed by atoms with Crippen LogP contribution >= 0.6 is 23.1 Å². The van der Waals surface area contributed by atoms with Crippen LogP contribution in [0, 0.1) is 0 Å². The second-order valence-corrected chi connectivity index (χ2v) is 7.70. The summed E-state index contributed by atoms with van der Waals surface area (Å²) >= 11 is 6.80. The minimum absolute atomic E-state index is 0.0157. The lowest BCUT2D eigenvalue weighted by molar-refractivity contribution is 0.0863. The Morgan fingerprint density at radius 2 is 1.91 bits per heavy atom. The Bertz CT molecular complexity index is 896. The highest BCUT2D eigenvalue weighted by atomic mass is 35.5. The van der Waals surface area contributed by atoms with Gasteiger partial charge >= 0.3 is 0 Å². The molecule has 0 bridgehead atoms. The number of hydrogen-bond donors (Lipinski definition) is 0. The van der Waals surface area contributed by atoms with Gasteiger partial charge in [0, 0.05) is 17.6 Å². The van der Waals surface area contributed by atoms with Gasteiger partial charge in [-0.2, -0.15) is 0 Å². The molecule has 0 spiro atoms. The average Bonchev–Trinajstić information content (AvgIpc) is 3.01. The van der Waals surface area contributed by atoms with Gasteiger partial charge in [-0.25, -0.2) is 12.7 Å². The van der Waals surface area contributed by atoms with Gasteiger partial charge in [0.25, 0.3) is 15.9 Å². The molecule has 0 unspecified atom stereocenters. The molecule has 0 radical (unpaired) electrons. The van der Waals surface area contributed by atoms with Gasteiger partial charge in [0.15, 0.2) is 11.5 Å². The van der Waals surface area contributed by atoms with Crippen LogP contribution in [0.4, 0.5) is 0 Å². The molecule has 122 valence electrons. The summed E-state index contributed by atoms with van der Waals surface area (Å²) < 4.78 is 40.0. The molecule has 8 nitrogen and oxygen atoms in total. The van der Waals surface area contributed by atoms with Crippen LogP contribution in [0.5, 0.6) is 11.5 Å². The number of benzene rings is 1. The summed E-state index contributed by atoms with van der Waals surface area (Å²) in [6.45, 7) is -0.282. The van der Waals surface area contributed by atoms with Gasteiger partial charge in [-0.05, 0) is 6.07 Å². The molecule has 1 aromatic carbocycles. The highest BCUT2D eigenvalue weighted by Crippen LogP contribution is 2.39. The quantitative estimate of drug-likeness (QED) is 0.799. The lowest BCUT2D eigenvalue weighted by Gasteiger charge is -2.13. The Hall–Kier alpha value is -1.91. The molecule has 0 N–H and O–H groups in total. The largest absolute Gasteiger partial charge is 0.493 e. The lowest BCUT2D eigenvalue weighted by atomic mass is 10.2. The van der Waals surface area contributed by atoms with Gasteiger partial charge in [-0.3, -0.25) is 4.79 Å². The summed E-state index contributed by atoms with van der Waals surface area (Å²) in [5.41, 5.74) is 0.238. The highest BCUT2D eigenvalue weighted by Gasteiger charge is 2.43. The number of sulfonamides is 1. The SMILES string of the molecule is COc1cc2c(cc1OC)S(=O)(=O)N(Cc1nnsc1Cl)C2=O. The molecule has 11 heteroatoms. The summed E-state index contributed by atoms with van der Waals surface area (Å²) in [4.78, 5) is 12.3. The Morgan fingerprint density at radius 3 is 2.48 bits per heavy atom. The zero-order chi connectivity index (χ0) is 16.8. The molecular weight excluding hydrogens is 366 g/mol. The molecule has 1 aliphatic rings. The van der Waals surface area contributed by atoms with Crippen molar-refractivity contribution in [2.75, 3.05) is 14.2 Å². The van der Waals surface area contributed by atoms with Crippen LogP contribution in [0.1, 0.15) is 16.1 Å². The molecule has 2 heterocycles. The normalized spacial score (nSPS) is 15.6. The minimum Gasteiger partial charge on any atom is -0.493 e. The second kappa shape index (κ2) is 5.62. The van der Waals surface area contributed by atoms with E-state index in [1.807, 2.05) is 0 Å². The molecular formula is C12H10ClN3O5S2. The van der Waals surface area contributed by atoms with E-state index in [1.54, 1.807) is 0 Å². The average molecular weight is 376 g/mol.